The van der Waals surface area contributed by atoms with Crippen LogP contribution in [0.4, 0.5) is 0 Å². The molecule has 0 saturated carbocycles. The number of benzene rings is 3. The summed E-state index contributed by atoms with van der Waals surface area (Å²) in [7, 11) is -3.48. The first kappa shape index (κ1) is 14.7. The molecule has 0 saturated heterocycles. The summed E-state index contributed by atoms with van der Waals surface area (Å²) in [5.74, 6) is 0. The Morgan fingerprint density at radius 3 is 2.00 bits per heavy atom. The first-order chi connectivity index (χ1) is 11.7. The van der Waals surface area contributed by atoms with Crippen molar-refractivity contribution in [1.29, 1.82) is 0 Å². The molecule has 0 N–H and O–H groups in total. The highest BCUT2D eigenvalue weighted by Crippen LogP contribution is 2.24. The fraction of sp³-hybridized carbons (Fsp3) is 0. The molecule has 4 heteroatoms. The predicted octanol–water partition coefficient (Wildman–Crippen LogP) is 4.46. The molecule has 24 heavy (non-hydrogen) atoms. The lowest BCUT2D eigenvalue weighted by molar-refractivity contribution is 0.596. The number of sulfone groups is 1. The molecule has 0 atom stereocenters. The van der Waals surface area contributed by atoms with Crippen molar-refractivity contribution in [2.75, 3.05) is 0 Å². The van der Waals surface area contributed by atoms with Crippen LogP contribution in [0.2, 0.25) is 0 Å². The normalized spacial score (nSPS) is 11.7. The van der Waals surface area contributed by atoms with E-state index in [0.717, 1.165) is 16.6 Å². The third-order valence-electron chi connectivity index (χ3n) is 4.08. The Labute approximate surface area is 140 Å². The zero-order valence-electron chi connectivity index (χ0n) is 12.8. The summed E-state index contributed by atoms with van der Waals surface area (Å²) in [6.45, 7) is 0. The van der Waals surface area contributed by atoms with Crippen molar-refractivity contribution in [2.24, 2.45) is 0 Å². The Bertz CT molecular complexity index is 1100. The van der Waals surface area contributed by atoms with Crippen molar-refractivity contribution in [3.8, 4) is 5.69 Å². The highest BCUT2D eigenvalue weighted by molar-refractivity contribution is 7.91. The summed E-state index contributed by atoms with van der Waals surface area (Å²) in [4.78, 5) is 0.609. The number of rotatable bonds is 3. The SMILES string of the molecule is O=S(=O)(c1ccccc1)c1ccc(-n2ccc3ccccc32)cc1. The molecule has 0 amide bonds. The van der Waals surface area contributed by atoms with Gasteiger partial charge in [0.2, 0.25) is 9.84 Å². The molecule has 0 fully saturated rings. The minimum atomic E-state index is -3.48. The Balaban J connectivity index is 1.76. The van der Waals surface area contributed by atoms with Gasteiger partial charge in [0.15, 0.2) is 0 Å². The van der Waals surface area contributed by atoms with Crippen LogP contribution in [-0.4, -0.2) is 13.0 Å². The first-order valence-corrected chi connectivity index (χ1v) is 9.11. The van der Waals surface area contributed by atoms with Crippen LogP contribution in [0.1, 0.15) is 0 Å². The smallest absolute Gasteiger partial charge is 0.206 e. The molecule has 0 aliphatic rings. The average Bonchev–Trinajstić information content (AvgIpc) is 3.07. The van der Waals surface area contributed by atoms with E-state index in [1.807, 2.05) is 47.2 Å². The maximum atomic E-state index is 12.6. The molecular formula is C20H15NO2S. The molecule has 4 rings (SSSR count). The first-order valence-electron chi connectivity index (χ1n) is 7.63. The number of fused-ring (bicyclic) bond motifs is 1. The molecule has 0 spiro atoms. The zero-order valence-corrected chi connectivity index (χ0v) is 13.6. The Morgan fingerprint density at radius 2 is 1.25 bits per heavy atom. The van der Waals surface area contributed by atoms with Gasteiger partial charge in [-0.05, 0) is 53.9 Å². The van der Waals surface area contributed by atoms with Crippen LogP contribution >= 0.6 is 0 Å². The molecule has 0 aliphatic carbocycles. The number of hydrogen-bond donors (Lipinski definition) is 0. The lowest BCUT2D eigenvalue weighted by atomic mass is 10.2. The fourth-order valence-corrected chi connectivity index (χ4v) is 4.11. The number of para-hydroxylation sites is 1. The summed E-state index contributed by atoms with van der Waals surface area (Å²) < 4.78 is 27.3. The second-order valence-corrected chi connectivity index (χ2v) is 7.50. The maximum absolute atomic E-state index is 12.6. The van der Waals surface area contributed by atoms with E-state index < -0.39 is 9.84 Å². The van der Waals surface area contributed by atoms with Crippen LogP contribution < -0.4 is 0 Å². The predicted molar refractivity (Wildman–Crippen MR) is 95.2 cm³/mol. The van der Waals surface area contributed by atoms with Gasteiger partial charge in [0.05, 0.1) is 15.3 Å². The standard InChI is InChI=1S/C20H15NO2S/c22-24(23,18-7-2-1-3-8-18)19-12-10-17(11-13-19)21-15-14-16-6-4-5-9-20(16)21/h1-15H. The van der Waals surface area contributed by atoms with Gasteiger partial charge in [-0.3, -0.25) is 0 Å². The monoisotopic (exact) mass is 333 g/mol. The van der Waals surface area contributed by atoms with E-state index in [1.165, 1.54) is 0 Å². The van der Waals surface area contributed by atoms with Crippen molar-refractivity contribution in [3.05, 3.63) is 91.1 Å². The largest absolute Gasteiger partial charge is 0.317 e. The van der Waals surface area contributed by atoms with Crippen molar-refractivity contribution in [2.45, 2.75) is 9.79 Å². The summed E-state index contributed by atoms with van der Waals surface area (Å²) >= 11 is 0. The van der Waals surface area contributed by atoms with Crippen molar-refractivity contribution in [3.63, 3.8) is 0 Å². The second kappa shape index (κ2) is 5.65. The lowest BCUT2D eigenvalue weighted by Crippen LogP contribution is -2.02. The average molecular weight is 333 g/mol. The zero-order chi connectivity index (χ0) is 16.6. The van der Waals surface area contributed by atoms with Crippen molar-refractivity contribution >= 4 is 20.7 Å². The van der Waals surface area contributed by atoms with Gasteiger partial charge in [0, 0.05) is 11.9 Å². The van der Waals surface area contributed by atoms with Crippen LogP contribution in [0, 0.1) is 0 Å². The van der Waals surface area contributed by atoms with Crippen LogP contribution in [0.3, 0.4) is 0 Å². The quantitative estimate of drug-likeness (QED) is 0.555. The van der Waals surface area contributed by atoms with Gasteiger partial charge in [0.25, 0.3) is 0 Å². The Morgan fingerprint density at radius 1 is 0.625 bits per heavy atom. The molecular weight excluding hydrogens is 318 g/mol. The van der Waals surface area contributed by atoms with Gasteiger partial charge in [-0.1, -0.05) is 36.4 Å². The topological polar surface area (TPSA) is 39.1 Å². The van der Waals surface area contributed by atoms with E-state index in [4.69, 9.17) is 0 Å². The Kier molecular flexibility index (Phi) is 3.47. The number of aromatic nitrogens is 1. The number of hydrogen-bond acceptors (Lipinski definition) is 2. The second-order valence-electron chi connectivity index (χ2n) is 5.55. The van der Waals surface area contributed by atoms with E-state index in [9.17, 15) is 8.42 Å². The van der Waals surface area contributed by atoms with Gasteiger partial charge in [-0.2, -0.15) is 0 Å². The Hall–Kier alpha value is -2.85. The van der Waals surface area contributed by atoms with Gasteiger partial charge >= 0.3 is 0 Å². The fourth-order valence-electron chi connectivity index (χ4n) is 2.83. The molecule has 118 valence electrons. The van der Waals surface area contributed by atoms with Crippen LogP contribution in [0.5, 0.6) is 0 Å². The summed E-state index contributed by atoms with van der Waals surface area (Å²) in [6, 6.07) is 25.6. The molecule has 0 bridgehead atoms. The van der Waals surface area contributed by atoms with Gasteiger partial charge in [-0.25, -0.2) is 8.42 Å². The van der Waals surface area contributed by atoms with E-state index >= 15 is 0 Å². The minimum Gasteiger partial charge on any atom is -0.317 e. The third-order valence-corrected chi connectivity index (χ3v) is 5.86. The minimum absolute atomic E-state index is 0.300. The van der Waals surface area contributed by atoms with E-state index in [-0.39, 0.29) is 0 Å². The van der Waals surface area contributed by atoms with Gasteiger partial charge < -0.3 is 4.57 Å². The molecule has 4 aromatic rings. The van der Waals surface area contributed by atoms with E-state index in [2.05, 4.69) is 6.07 Å². The summed E-state index contributed by atoms with van der Waals surface area (Å²) in [5, 5.41) is 1.15. The molecule has 0 radical (unpaired) electrons. The molecule has 3 aromatic carbocycles. The summed E-state index contributed by atoms with van der Waals surface area (Å²) in [5.41, 5.74) is 2.03. The molecule has 0 unspecified atom stereocenters. The van der Waals surface area contributed by atoms with E-state index in [0.29, 0.717) is 9.79 Å². The van der Waals surface area contributed by atoms with Gasteiger partial charge in [-0.15, -0.1) is 0 Å². The van der Waals surface area contributed by atoms with E-state index in [1.54, 1.807) is 42.5 Å². The molecule has 0 aliphatic heterocycles. The lowest BCUT2D eigenvalue weighted by Gasteiger charge is -2.08. The third kappa shape index (κ3) is 2.41. The van der Waals surface area contributed by atoms with Crippen LogP contribution in [0.15, 0.2) is 101 Å². The summed E-state index contributed by atoms with van der Waals surface area (Å²) in [6.07, 6.45) is 1.99. The van der Waals surface area contributed by atoms with Crippen LogP contribution in [0.25, 0.3) is 16.6 Å². The number of nitrogens with zero attached hydrogens (tertiary/aromatic N) is 1. The van der Waals surface area contributed by atoms with Crippen LogP contribution in [-0.2, 0) is 9.84 Å². The molecule has 3 nitrogen and oxygen atoms in total. The van der Waals surface area contributed by atoms with Crippen molar-refractivity contribution < 1.29 is 8.42 Å². The highest BCUT2D eigenvalue weighted by Gasteiger charge is 2.17. The molecule has 1 heterocycles. The highest BCUT2D eigenvalue weighted by atomic mass is 32.2. The van der Waals surface area contributed by atoms with Crippen molar-refractivity contribution in [1.82, 2.24) is 4.57 Å². The molecule has 1 aromatic heterocycles. The van der Waals surface area contributed by atoms with Gasteiger partial charge in [0.1, 0.15) is 0 Å². The maximum Gasteiger partial charge on any atom is 0.206 e.